The first kappa shape index (κ1) is 14.0. The van der Waals surface area contributed by atoms with Crippen LogP contribution in [0.1, 0.15) is 53.4 Å². The molecule has 0 spiro atoms. The Morgan fingerprint density at radius 2 is 2.11 bits per heavy atom. The summed E-state index contributed by atoms with van der Waals surface area (Å²) in [5, 5.41) is 10.5. The molecule has 0 radical (unpaired) electrons. The third-order valence-corrected chi connectivity index (χ3v) is 4.36. The van der Waals surface area contributed by atoms with Gasteiger partial charge in [-0.3, -0.25) is 4.79 Å². The molecule has 6 heteroatoms. The van der Waals surface area contributed by atoms with E-state index in [0.29, 0.717) is 6.54 Å². The van der Waals surface area contributed by atoms with Gasteiger partial charge in [-0.05, 0) is 24.7 Å². The molecule has 1 aromatic rings. The zero-order valence-corrected chi connectivity index (χ0v) is 12.0. The van der Waals surface area contributed by atoms with Crippen molar-refractivity contribution in [2.24, 2.45) is 5.41 Å². The van der Waals surface area contributed by atoms with E-state index in [2.05, 4.69) is 18.8 Å². The number of hydrogen-bond donors (Lipinski definition) is 1. The maximum atomic E-state index is 12.3. The Kier molecular flexibility index (Phi) is 3.89. The summed E-state index contributed by atoms with van der Waals surface area (Å²) in [7, 11) is 0. The van der Waals surface area contributed by atoms with Gasteiger partial charge in [0.25, 0.3) is 5.91 Å². The molecule has 2 rings (SSSR count). The van der Waals surface area contributed by atoms with E-state index < -0.39 is 5.97 Å². The summed E-state index contributed by atoms with van der Waals surface area (Å²) in [4.78, 5) is 28.7. The topological polar surface area (TPSA) is 70.5 Å². The molecule has 0 atom stereocenters. The predicted octanol–water partition coefficient (Wildman–Crippen LogP) is 2.49. The summed E-state index contributed by atoms with van der Waals surface area (Å²) < 4.78 is 0. The van der Waals surface area contributed by atoms with Gasteiger partial charge >= 0.3 is 5.97 Å². The molecule has 0 bridgehead atoms. The summed E-state index contributed by atoms with van der Waals surface area (Å²) >= 11 is 1.10. The second-order valence-electron chi connectivity index (χ2n) is 5.65. The maximum absolute atomic E-state index is 12.3. The minimum Gasteiger partial charge on any atom is -0.476 e. The number of rotatable bonds is 2. The molecule has 1 aliphatic rings. The van der Waals surface area contributed by atoms with Gasteiger partial charge < -0.3 is 10.0 Å². The summed E-state index contributed by atoms with van der Waals surface area (Å²) in [5.41, 5.74) is 0.216. The monoisotopic (exact) mass is 282 g/mol. The van der Waals surface area contributed by atoms with Crippen LogP contribution in [0.4, 0.5) is 0 Å². The quantitative estimate of drug-likeness (QED) is 0.904. The van der Waals surface area contributed by atoms with E-state index in [1.807, 2.05) is 0 Å². The number of carbonyl (C=O) groups excluding carboxylic acids is 1. The van der Waals surface area contributed by atoms with Gasteiger partial charge in [0, 0.05) is 18.5 Å². The van der Waals surface area contributed by atoms with E-state index in [9.17, 15) is 9.59 Å². The molecule has 1 aliphatic heterocycles. The number of carboxylic acids is 1. The van der Waals surface area contributed by atoms with Gasteiger partial charge in [0.2, 0.25) is 0 Å². The van der Waals surface area contributed by atoms with Crippen LogP contribution in [0, 0.1) is 5.41 Å². The average Bonchev–Trinajstić information content (AvgIpc) is 2.75. The van der Waals surface area contributed by atoms with Gasteiger partial charge in [-0.2, -0.15) is 0 Å². The summed E-state index contributed by atoms with van der Waals surface area (Å²) in [6, 6.07) is 0. The SMILES string of the molecule is CC1(C)CCCN(C(=O)c2nc(C(=O)O)cs2)CC1. The first-order valence-electron chi connectivity index (χ1n) is 6.37. The lowest BCUT2D eigenvalue weighted by molar-refractivity contribution is 0.0691. The zero-order valence-electron chi connectivity index (χ0n) is 11.2. The fourth-order valence-electron chi connectivity index (χ4n) is 2.23. The minimum atomic E-state index is -1.09. The minimum absolute atomic E-state index is 0.0523. The van der Waals surface area contributed by atoms with Crippen LogP contribution in [0.15, 0.2) is 5.38 Å². The molecule has 0 aliphatic carbocycles. The van der Waals surface area contributed by atoms with Gasteiger partial charge in [-0.1, -0.05) is 13.8 Å². The fourth-order valence-corrected chi connectivity index (χ4v) is 2.99. The van der Waals surface area contributed by atoms with Crippen molar-refractivity contribution in [2.75, 3.05) is 13.1 Å². The number of likely N-dealkylation sites (tertiary alicyclic amines) is 1. The van der Waals surface area contributed by atoms with Crippen LogP contribution in [-0.4, -0.2) is 40.0 Å². The van der Waals surface area contributed by atoms with Crippen molar-refractivity contribution < 1.29 is 14.7 Å². The molecule has 104 valence electrons. The Morgan fingerprint density at radius 3 is 2.74 bits per heavy atom. The molecule has 19 heavy (non-hydrogen) atoms. The number of amides is 1. The lowest BCUT2D eigenvalue weighted by Crippen LogP contribution is -2.32. The highest BCUT2D eigenvalue weighted by molar-refractivity contribution is 7.11. The van der Waals surface area contributed by atoms with E-state index in [1.54, 1.807) is 4.90 Å². The van der Waals surface area contributed by atoms with Crippen LogP contribution in [0.25, 0.3) is 0 Å². The lowest BCUT2D eigenvalue weighted by Gasteiger charge is -2.22. The number of hydrogen-bond acceptors (Lipinski definition) is 4. The third kappa shape index (κ3) is 3.32. The van der Waals surface area contributed by atoms with E-state index in [0.717, 1.165) is 37.1 Å². The number of carboxylic acid groups (broad SMARTS) is 1. The molecular formula is C13H18N2O3S. The molecule has 0 unspecified atom stereocenters. The molecule has 5 nitrogen and oxygen atoms in total. The number of thiazole rings is 1. The second kappa shape index (κ2) is 5.28. The van der Waals surface area contributed by atoms with Crippen LogP contribution < -0.4 is 0 Å². The Labute approximate surface area is 116 Å². The second-order valence-corrected chi connectivity index (χ2v) is 6.51. The third-order valence-electron chi connectivity index (χ3n) is 3.53. The lowest BCUT2D eigenvalue weighted by atomic mass is 9.85. The molecular weight excluding hydrogens is 264 g/mol. The Balaban J connectivity index is 2.08. The first-order chi connectivity index (χ1) is 8.89. The number of aromatic carboxylic acids is 1. The Hall–Kier alpha value is -1.43. The summed E-state index contributed by atoms with van der Waals surface area (Å²) in [5.74, 6) is -1.23. The van der Waals surface area contributed by atoms with Crippen molar-refractivity contribution >= 4 is 23.2 Å². The molecule has 0 saturated carbocycles. The van der Waals surface area contributed by atoms with Crippen molar-refractivity contribution in [1.29, 1.82) is 0 Å². The van der Waals surface area contributed by atoms with Crippen molar-refractivity contribution in [3.05, 3.63) is 16.1 Å². The smallest absolute Gasteiger partial charge is 0.355 e. The normalized spacial score (nSPS) is 18.9. The van der Waals surface area contributed by atoms with E-state index >= 15 is 0 Å². The molecule has 1 saturated heterocycles. The van der Waals surface area contributed by atoms with Gasteiger partial charge in [-0.25, -0.2) is 9.78 Å². The van der Waals surface area contributed by atoms with Crippen LogP contribution in [0.5, 0.6) is 0 Å². The van der Waals surface area contributed by atoms with Crippen molar-refractivity contribution in [3.8, 4) is 0 Å². The first-order valence-corrected chi connectivity index (χ1v) is 7.25. The molecule has 1 fully saturated rings. The van der Waals surface area contributed by atoms with Crippen molar-refractivity contribution in [1.82, 2.24) is 9.88 Å². The molecule has 1 aromatic heterocycles. The number of aromatic nitrogens is 1. The van der Waals surface area contributed by atoms with Gasteiger partial charge in [-0.15, -0.1) is 11.3 Å². The summed E-state index contributed by atoms with van der Waals surface area (Å²) in [6.45, 7) is 5.87. The summed E-state index contributed by atoms with van der Waals surface area (Å²) in [6.07, 6.45) is 3.06. The van der Waals surface area contributed by atoms with Gasteiger partial charge in [0.15, 0.2) is 10.7 Å². The van der Waals surface area contributed by atoms with Gasteiger partial charge in [0.1, 0.15) is 0 Å². The maximum Gasteiger partial charge on any atom is 0.355 e. The molecule has 0 aromatic carbocycles. The highest BCUT2D eigenvalue weighted by atomic mass is 32.1. The predicted molar refractivity (Wildman–Crippen MR) is 72.6 cm³/mol. The number of nitrogens with zero attached hydrogens (tertiary/aromatic N) is 2. The van der Waals surface area contributed by atoms with Gasteiger partial charge in [0.05, 0.1) is 0 Å². The largest absolute Gasteiger partial charge is 0.476 e. The van der Waals surface area contributed by atoms with Crippen molar-refractivity contribution in [3.63, 3.8) is 0 Å². The standard InChI is InChI=1S/C13H18N2O3S/c1-13(2)4-3-6-15(7-5-13)11(16)10-14-9(8-19-10)12(17)18/h8H,3-7H2,1-2H3,(H,17,18). The van der Waals surface area contributed by atoms with E-state index in [1.165, 1.54) is 5.38 Å². The van der Waals surface area contributed by atoms with Crippen LogP contribution in [0.3, 0.4) is 0 Å². The molecule has 1 amide bonds. The van der Waals surface area contributed by atoms with Crippen molar-refractivity contribution in [2.45, 2.75) is 33.1 Å². The van der Waals surface area contributed by atoms with E-state index in [4.69, 9.17) is 5.11 Å². The Morgan fingerprint density at radius 1 is 1.37 bits per heavy atom. The molecule has 1 N–H and O–H groups in total. The van der Waals surface area contributed by atoms with E-state index in [-0.39, 0.29) is 22.0 Å². The average molecular weight is 282 g/mol. The highest BCUT2D eigenvalue weighted by Gasteiger charge is 2.27. The highest BCUT2D eigenvalue weighted by Crippen LogP contribution is 2.30. The zero-order chi connectivity index (χ0) is 14.0. The number of carbonyl (C=O) groups is 2. The van der Waals surface area contributed by atoms with Crippen LogP contribution >= 0.6 is 11.3 Å². The fraction of sp³-hybridized carbons (Fsp3) is 0.615. The Bertz CT molecular complexity index is 496. The molecule has 2 heterocycles. The van der Waals surface area contributed by atoms with Crippen LogP contribution in [0.2, 0.25) is 0 Å². The van der Waals surface area contributed by atoms with Crippen LogP contribution in [-0.2, 0) is 0 Å².